The number of anilines is 1. The number of ether oxygens (including phenoxy) is 1. The number of aryl methyl sites for hydroxylation is 1. The lowest BCUT2D eigenvalue weighted by molar-refractivity contribution is -0.143. The summed E-state index contributed by atoms with van der Waals surface area (Å²) in [6.07, 6.45) is 1.04. The molecule has 0 unspecified atom stereocenters. The van der Waals surface area contributed by atoms with Crippen LogP contribution in [-0.2, 0) is 26.2 Å². The van der Waals surface area contributed by atoms with E-state index in [0.717, 1.165) is 21.7 Å². The Hall–Kier alpha value is -2.72. The van der Waals surface area contributed by atoms with E-state index in [-0.39, 0.29) is 12.5 Å². The fourth-order valence-electron chi connectivity index (χ4n) is 2.35. The molecule has 3 rings (SSSR count). The smallest absolute Gasteiger partial charge is 0.327 e. The van der Waals surface area contributed by atoms with Crippen LogP contribution in [-0.4, -0.2) is 37.3 Å². The summed E-state index contributed by atoms with van der Waals surface area (Å²) < 4.78 is 35.4. The predicted octanol–water partition coefficient (Wildman–Crippen LogP) is 2.62. The summed E-state index contributed by atoms with van der Waals surface area (Å²) >= 11 is 1.50. The number of carbonyl (C=O) groups excluding carboxylic acids is 1. The number of thiophene rings is 1. The maximum Gasteiger partial charge on any atom is 0.327 e. The second-order valence-electron chi connectivity index (χ2n) is 5.74. The highest BCUT2D eigenvalue weighted by atomic mass is 32.2. The van der Waals surface area contributed by atoms with Gasteiger partial charge in [-0.1, -0.05) is 23.4 Å². The van der Waals surface area contributed by atoms with Crippen molar-refractivity contribution < 1.29 is 22.5 Å². The van der Waals surface area contributed by atoms with Gasteiger partial charge in [0.2, 0.25) is 15.8 Å². The first kappa shape index (κ1) is 19.1. The van der Waals surface area contributed by atoms with E-state index in [4.69, 9.17) is 9.26 Å². The molecule has 0 aliphatic rings. The molecule has 0 amide bonds. The number of carbonyl (C=O) groups is 1. The molecular weight excluding hydrogens is 390 g/mol. The summed E-state index contributed by atoms with van der Waals surface area (Å²) in [5.41, 5.74) is 1.96. The number of rotatable bonds is 7. The van der Waals surface area contributed by atoms with Gasteiger partial charge in [0.15, 0.2) is 6.61 Å². The molecule has 27 heavy (non-hydrogen) atoms. The number of para-hydroxylation sites is 1. The summed E-state index contributed by atoms with van der Waals surface area (Å²) in [4.78, 5) is 16.3. The van der Waals surface area contributed by atoms with Crippen LogP contribution in [0.25, 0.3) is 11.4 Å². The molecule has 0 spiro atoms. The molecule has 0 aliphatic carbocycles. The van der Waals surface area contributed by atoms with Crippen molar-refractivity contribution >= 4 is 33.0 Å². The maximum absolute atomic E-state index is 12.2. The van der Waals surface area contributed by atoms with Crippen LogP contribution >= 0.6 is 11.3 Å². The number of nitrogens with zero attached hydrogens (tertiary/aromatic N) is 3. The SMILES string of the molecule is Cc1ccccc1N(CC(=O)OCc1nc(-c2ccsc2)no1)S(C)(=O)=O. The lowest BCUT2D eigenvalue weighted by atomic mass is 10.2. The second kappa shape index (κ2) is 7.89. The fourth-order valence-corrected chi connectivity index (χ4v) is 3.89. The van der Waals surface area contributed by atoms with E-state index in [1.165, 1.54) is 11.3 Å². The highest BCUT2D eigenvalue weighted by Crippen LogP contribution is 2.22. The molecule has 142 valence electrons. The molecule has 3 aromatic rings. The maximum atomic E-state index is 12.2. The topological polar surface area (TPSA) is 103 Å². The van der Waals surface area contributed by atoms with Crippen molar-refractivity contribution in [3.63, 3.8) is 0 Å². The molecule has 0 saturated carbocycles. The largest absolute Gasteiger partial charge is 0.454 e. The Labute approximate surface area is 160 Å². The number of esters is 1. The zero-order valence-corrected chi connectivity index (χ0v) is 16.3. The zero-order chi connectivity index (χ0) is 19.4. The monoisotopic (exact) mass is 407 g/mol. The Balaban J connectivity index is 1.66. The van der Waals surface area contributed by atoms with E-state index in [2.05, 4.69) is 10.1 Å². The minimum Gasteiger partial charge on any atom is -0.454 e. The van der Waals surface area contributed by atoms with Crippen LogP contribution in [0.5, 0.6) is 0 Å². The third-order valence-corrected chi connectivity index (χ3v) is 5.47. The molecule has 10 heteroatoms. The summed E-state index contributed by atoms with van der Waals surface area (Å²) in [7, 11) is -3.66. The van der Waals surface area contributed by atoms with Gasteiger partial charge in [-0.05, 0) is 30.0 Å². The van der Waals surface area contributed by atoms with Crippen molar-refractivity contribution in [3.05, 3.63) is 52.5 Å². The number of benzene rings is 1. The van der Waals surface area contributed by atoms with E-state index in [0.29, 0.717) is 11.5 Å². The Bertz CT molecular complexity index is 1030. The molecular formula is C17H17N3O5S2. The van der Waals surface area contributed by atoms with Gasteiger partial charge < -0.3 is 9.26 Å². The molecule has 0 fully saturated rings. The van der Waals surface area contributed by atoms with Crippen molar-refractivity contribution in [2.75, 3.05) is 17.1 Å². The zero-order valence-electron chi connectivity index (χ0n) is 14.7. The standard InChI is InChI=1S/C17H17N3O5S2/c1-12-5-3-4-6-14(12)20(27(2,22)23)9-16(21)24-10-15-18-17(19-25-15)13-7-8-26-11-13/h3-8,11H,9-10H2,1-2H3. The minimum absolute atomic E-state index is 0.131. The van der Waals surface area contributed by atoms with Crippen molar-refractivity contribution in [3.8, 4) is 11.4 Å². The Morgan fingerprint density at radius 3 is 2.74 bits per heavy atom. The molecule has 0 radical (unpaired) electrons. The number of aromatic nitrogens is 2. The average molecular weight is 407 g/mol. The molecule has 0 saturated heterocycles. The molecule has 1 aromatic carbocycles. The Morgan fingerprint density at radius 1 is 1.30 bits per heavy atom. The van der Waals surface area contributed by atoms with Gasteiger partial charge in [-0.25, -0.2) is 8.42 Å². The second-order valence-corrected chi connectivity index (χ2v) is 8.43. The molecule has 0 atom stereocenters. The van der Waals surface area contributed by atoms with E-state index in [1.807, 2.05) is 16.8 Å². The Morgan fingerprint density at radius 2 is 2.07 bits per heavy atom. The third kappa shape index (κ3) is 4.72. The third-order valence-electron chi connectivity index (χ3n) is 3.66. The molecule has 2 aromatic heterocycles. The van der Waals surface area contributed by atoms with Gasteiger partial charge in [0.05, 0.1) is 11.9 Å². The lowest BCUT2D eigenvalue weighted by Gasteiger charge is -2.22. The van der Waals surface area contributed by atoms with E-state index in [9.17, 15) is 13.2 Å². The summed E-state index contributed by atoms with van der Waals surface area (Å²) in [6, 6.07) is 8.74. The van der Waals surface area contributed by atoms with E-state index in [1.54, 1.807) is 31.2 Å². The van der Waals surface area contributed by atoms with Crippen LogP contribution in [0.3, 0.4) is 0 Å². The molecule has 0 bridgehead atoms. The minimum atomic E-state index is -3.66. The van der Waals surface area contributed by atoms with Crippen LogP contribution in [0, 0.1) is 6.92 Å². The van der Waals surface area contributed by atoms with Crippen LogP contribution in [0.1, 0.15) is 11.5 Å². The predicted molar refractivity (Wildman–Crippen MR) is 101 cm³/mol. The van der Waals surface area contributed by atoms with Gasteiger partial charge in [0.1, 0.15) is 6.54 Å². The van der Waals surface area contributed by atoms with Gasteiger partial charge in [-0.2, -0.15) is 16.3 Å². The summed E-state index contributed by atoms with van der Waals surface area (Å²) in [5.74, 6) is -0.190. The molecule has 0 aliphatic heterocycles. The van der Waals surface area contributed by atoms with Gasteiger partial charge in [0, 0.05) is 10.9 Å². The first-order valence-corrected chi connectivity index (χ1v) is 10.7. The van der Waals surface area contributed by atoms with Gasteiger partial charge in [0.25, 0.3) is 5.89 Å². The van der Waals surface area contributed by atoms with Crippen LogP contribution < -0.4 is 4.31 Å². The van der Waals surface area contributed by atoms with Crippen LogP contribution in [0.4, 0.5) is 5.69 Å². The quantitative estimate of drug-likeness (QED) is 0.555. The van der Waals surface area contributed by atoms with Gasteiger partial charge in [-0.15, -0.1) is 0 Å². The van der Waals surface area contributed by atoms with Crippen LogP contribution in [0.15, 0.2) is 45.6 Å². The van der Waals surface area contributed by atoms with Gasteiger partial charge in [-0.3, -0.25) is 9.10 Å². The average Bonchev–Trinajstić information content (AvgIpc) is 3.29. The van der Waals surface area contributed by atoms with Crippen molar-refractivity contribution in [2.45, 2.75) is 13.5 Å². The summed E-state index contributed by atoms with van der Waals surface area (Å²) in [6.45, 7) is 1.08. The number of hydrogen-bond acceptors (Lipinski definition) is 8. The molecule has 8 nitrogen and oxygen atoms in total. The van der Waals surface area contributed by atoms with Crippen molar-refractivity contribution in [1.29, 1.82) is 0 Å². The van der Waals surface area contributed by atoms with Gasteiger partial charge >= 0.3 is 5.97 Å². The first-order valence-electron chi connectivity index (χ1n) is 7.88. The first-order chi connectivity index (χ1) is 12.8. The molecule has 0 N–H and O–H groups in total. The van der Waals surface area contributed by atoms with E-state index >= 15 is 0 Å². The van der Waals surface area contributed by atoms with E-state index < -0.39 is 22.5 Å². The normalized spacial score (nSPS) is 11.3. The highest BCUT2D eigenvalue weighted by Gasteiger charge is 2.23. The Kier molecular flexibility index (Phi) is 5.57. The van der Waals surface area contributed by atoms with Crippen molar-refractivity contribution in [2.24, 2.45) is 0 Å². The number of hydrogen-bond donors (Lipinski definition) is 0. The highest BCUT2D eigenvalue weighted by molar-refractivity contribution is 7.92. The lowest BCUT2D eigenvalue weighted by Crippen LogP contribution is -2.36. The van der Waals surface area contributed by atoms with Crippen molar-refractivity contribution in [1.82, 2.24) is 10.1 Å². The summed E-state index contributed by atoms with van der Waals surface area (Å²) in [5, 5.41) is 7.57. The van der Waals surface area contributed by atoms with Crippen LogP contribution in [0.2, 0.25) is 0 Å². The molecule has 2 heterocycles. The number of sulfonamides is 1. The fraction of sp³-hybridized carbons (Fsp3) is 0.235.